The van der Waals surface area contributed by atoms with Crippen molar-refractivity contribution in [2.45, 2.75) is 44.7 Å². The van der Waals surface area contributed by atoms with E-state index in [0.29, 0.717) is 13.1 Å². The first-order valence-corrected chi connectivity index (χ1v) is 7.24. The van der Waals surface area contributed by atoms with Crippen LogP contribution in [0.5, 0.6) is 0 Å². The number of nitrogens with one attached hydrogen (secondary N) is 1. The molecule has 116 valence electrons. The lowest BCUT2D eigenvalue weighted by Gasteiger charge is -2.20. The Morgan fingerprint density at radius 1 is 1.38 bits per heavy atom. The number of carboxylic acid groups (broad SMARTS) is 1. The fourth-order valence-electron chi connectivity index (χ4n) is 2.59. The lowest BCUT2D eigenvalue weighted by Crippen LogP contribution is -2.42. The molecule has 0 saturated heterocycles. The van der Waals surface area contributed by atoms with E-state index in [1.165, 1.54) is 10.9 Å². The minimum absolute atomic E-state index is 0.0250. The second-order valence-electron chi connectivity index (χ2n) is 5.37. The van der Waals surface area contributed by atoms with Crippen molar-refractivity contribution in [2.24, 2.45) is 11.7 Å². The number of aromatic nitrogens is 3. The van der Waals surface area contributed by atoms with E-state index in [9.17, 15) is 9.59 Å². The number of carboxylic acids is 1. The summed E-state index contributed by atoms with van der Waals surface area (Å²) in [6.45, 7) is 0.762. The number of amides is 1. The second-order valence-corrected chi connectivity index (χ2v) is 5.37. The summed E-state index contributed by atoms with van der Waals surface area (Å²) in [4.78, 5) is 22.8. The minimum atomic E-state index is -1.12. The molecule has 1 aromatic heterocycles. The monoisotopic (exact) mass is 295 g/mol. The molecular formula is C13H21N5O3. The zero-order valence-electron chi connectivity index (χ0n) is 11.9. The summed E-state index contributed by atoms with van der Waals surface area (Å²) in [5, 5.41) is 18.8. The van der Waals surface area contributed by atoms with Crippen LogP contribution < -0.4 is 11.1 Å². The number of nitrogens with zero attached hydrogens (tertiary/aromatic N) is 3. The molecule has 1 aliphatic rings. The third-order valence-electron chi connectivity index (χ3n) is 3.80. The zero-order chi connectivity index (χ0) is 15.2. The van der Waals surface area contributed by atoms with Crippen LogP contribution in [0.25, 0.3) is 0 Å². The first-order valence-electron chi connectivity index (χ1n) is 7.24. The molecule has 8 heteroatoms. The Labute approximate surface area is 122 Å². The van der Waals surface area contributed by atoms with Crippen molar-refractivity contribution in [1.29, 1.82) is 0 Å². The molecule has 1 aromatic rings. The number of rotatable bonds is 5. The Morgan fingerprint density at radius 2 is 2.14 bits per heavy atom. The standard InChI is InChI=1S/C13H21N5O3/c14-10-5-3-1-2-4-9(10)12(19)15-6-7-18-8-11(13(20)21)16-17-18/h8-10H,1-7,14H2,(H,15,19)(H,20,21). The van der Waals surface area contributed by atoms with Crippen molar-refractivity contribution < 1.29 is 14.7 Å². The Bertz CT molecular complexity index is 502. The van der Waals surface area contributed by atoms with Gasteiger partial charge in [0.2, 0.25) is 5.91 Å². The largest absolute Gasteiger partial charge is 0.476 e. The topological polar surface area (TPSA) is 123 Å². The van der Waals surface area contributed by atoms with Gasteiger partial charge in [-0.2, -0.15) is 0 Å². The Morgan fingerprint density at radius 3 is 2.86 bits per heavy atom. The molecule has 0 aromatic carbocycles. The van der Waals surface area contributed by atoms with E-state index in [0.717, 1.165) is 32.1 Å². The molecule has 2 atom stereocenters. The van der Waals surface area contributed by atoms with E-state index in [2.05, 4.69) is 15.6 Å². The molecule has 0 bridgehead atoms. The van der Waals surface area contributed by atoms with Crippen LogP contribution in [0.2, 0.25) is 0 Å². The first-order chi connectivity index (χ1) is 10.1. The van der Waals surface area contributed by atoms with Gasteiger partial charge >= 0.3 is 5.97 Å². The van der Waals surface area contributed by atoms with Crippen LogP contribution in [0.4, 0.5) is 0 Å². The molecule has 1 fully saturated rings. The molecule has 4 N–H and O–H groups in total. The highest BCUT2D eigenvalue weighted by Crippen LogP contribution is 2.22. The van der Waals surface area contributed by atoms with Crippen molar-refractivity contribution in [2.75, 3.05) is 6.54 Å². The van der Waals surface area contributed by atoms with Gasteiger partial charge in [0.15, 0.2) is 5.69 Å². The maximum Gasteiger partial charge on any atom is 0.358 e. The fourth-order valence-corrected chi connectivity index (χ4v) is 2.59. The van der Waals surface area contributed by atoms with E-state index in [4.69, 9.17) is 10.8 Å². The van der Waals surface area contributed by atoms with Crippen LogP contribution in [0, 0.1) is 5.92 Å². The number of hydrogen-bond donors (Lipinski definition) is 3. The van der Waals surface area contributed by atoms with E-state index in [-0.39, 0.29) is 23.6 Å². The summed E-state index contributed by atoms with van der Waals surface area (Å²) >= 11 is 0. The SMILES string of the molecule is NC1CCCCCC1C(=O)NCCn1cc(C(=O)O)nn1. The minimum Gasteiger partial charge on any atom is -0.476 e. The van der Waals surface area contributed by atoms with Crippen LogP contribution in [0.15, 0.2) is 6.20 Å². The van der Waals surface area contributed by atoms with E-state index in [1.54, 1.807) is 0 Å². The molecule has 0 spiro atoms. The van der Waals surface area contributed by atoms with Crippen LogP contribution >= 0.6 is 0 Å². The molecule has 2 unspecified atom stereocenters. The van der Waals surface area contributed by atoms with Crippen LogP contribution in [0.1, 0.15) is 42.6 Å². The van der Waals surface area contributed by atoms with Crippen molar-refractivity contribution >= 4 is 11.9 Å². The number of aromatic carboxylic acids is 1. The van der Waals surface area contributed by atoms with Gasteiger partial charge in [0, 0.05) is 12.6 Å². The molecule has 1 saturated carbocycles. The van der Waals surface area contributed by atoms with Crippen LogP contribution in [-0.4, -0.2) is 44.6 Å². The molecule has 8 nitrogen and oxygen atoms in total. The Balaban J connectivity index is 1.79. The summed E-state index contributed by atoms with van der Waals surface area (Å²) in [5.74, 6) is -1.27. The highest BCUT2D eigenvalue weighted by atomic mass is 16.4. The van der Waals surface area contributed by atoms with Gasteiger partial charge in [0.25, 0.3) is 0 Å². The lowest BCUT2D eigenvalue weighted by atomic mass is 9.94. The van der Waals surface area contributed by atoms with Crippen molar-refractivity contribution in [3.8, 4) is 0 Å². The quantitative estimate of drug-likeness (QED) is 0.657. The van der Waals surface area contributed by atoms with E-state index < -0.39 is 5.97 Å². The number of carbonyl (C=O) groups excluding carboxylic acids is 1. The fraction of sp³-hybridized carbons (Fsp3) is 0.692. The normalized spacial score (nSPS) is 22.5. The van der Waals surface area contributed by atoms with Gasteiger partial charge in [-0.25, -0.2) is 9.48 Å². The van der Waals surface area contributed by atoms with Crippen LogP contribution in [0.3, 0.4) is 0 Å². The average Bonchev–Trinajstić information content (AvgIpc) is 2.81. The zero-order valence-corrected chi connectivity index (χ0v) is 11.9. The molecule has 0 radical (unpaired) electrons. The van der Waals surface area contributed by atoms with Crippen molar-refractivity contribution in [3.05, 3.63) is 11.9 Å². The van der Waals surface area contributed by atoms with Gasteiger partial charge in [0.1, 0.15) is 0 Å². The van der Waals surface area contributed by atoms with Gasteiger partial charge in [-0.15, -0.1) is 5.10 Å². The van der Waals surface area contributed by atoms with Gasteiger partial charge in [-0.05, 0) is 12.8 Å². The number of carbonyl (C=O) groups is 2. The lowest BCUT2D eigenvalue weighted by molar-refractivity contribution is -0.125. The molecule has 1 aliphatic carbocycles. The number of nitrogens with two attached hydrogens (primary N) is 1. The Hall–Kier alpha value is -1.96. The summed E-state index contributed by atoms with van der Waals surface area (Å²) in [6.07, 6.45) is 6.32. The highest BCUT2D eigenvalue weighted by molar-refractivity contribution is 5.84. The van der Waals surface area contributed by atoms with Crippen molar-refractivity contribution in [1.82, 2.24) is 20.3 Å². The molecule has 21 heavy (non-hydrogen) atoms. The Kier molecular flexibility index (Phi) is 5.26. The third kappa shape index (κ3) is 4.25. The predicted molar refractivity (Wildman–Crippen MR) is 74.5 cm³/mol. The summed E-state index contributed by atoms with van der Waals surface area (Å²) < 4.78 is 1.40. The van der Waals surface area contributed by atoms with Crippen molar-refractivity contribution in [3.63, 3.8) is 0 Å². The molecule has 0 aliphatic heterocycles. The van der Waals surface area contributed by atoms with Gasteiger partial charge in [-0.3, -0.25) is 4.79 Å². The second kappa shape index (κ2) is 7.16. The first kappa shape index (κ1) is 15.4. The van der Waals surface area contributed by atoms with E-state index >= 15 is 0 Å². The highest BCUT2D eigenvalue weighted by Gasteiger charge is 2.26. The van der Waals surface area contributed by atoms with Gasteiger partial charge < -0.3 is 16.2 Å². The molecular weight excluding hydrogens is 274 g/mol. The molecule has 2 rings (SSSR count). The predicted octanol–water partition coefficient (Wildman–Crippen LogP) is 0.000100. The smallest absolute Gasteiger partial charge is 0.358 e. The van der Waals surface area contributed by atoms with Gasteiger partial charge in [0.05, 0.1) is 18.7 Å². The maximum atomic E-state index is 12.1. The summed E-state index contributed by atoms with van der Waals surface area (Å²) in [6, 6.07) is -0.0718. The average molecular weight is 295 g/mol. The summed E-state index contributed by atoms with van der Waals surface area (Å²) in [7, 11) is 0. The molecule has 1 heterocycles. The van der Waals surface area contributed by atoms with E-state index in [1.807, 2.05) is 0 Å². The molecule has 1 amide bonds. The number of hydrogen-bond acceptors (Lipinski definition) is 5. The van der Waals surface area contributed by atoms with Crippen LogP contribution in [-0.2, 0) is 11.3 Å². The third-order valence-corrected chi connectivity index (χ3v) is 3.80. The summed E-state index contributed by atoms with van der Waals surface area (Å²) in [5.41, 5.74) is 5.94. The van der Waals surface area contributed by atoms with Gasteiger partial charge in [-0.1, -0.05) is 24.5 Å². The maximum absolute atomic E-state index is 12.1.